The molecule has 0 fully saturated rings. The third-order valence-electron chi connectivity index (χ3n) is 2.85. The minimum absolute atomic E-state index is 0.0676. The second-order valence-corrected chi connectivity index (χ2v) is 4.97. The zero-order chi connectivity index (χ0) is 14.3. The Morgan fingerprint density at radius 1 is 1.37 bits per heavy atom. The van der Waals surface area contributed by atoms with Crippen molar-refractivity contribution >= 4 is 5.91 Å². The molecule has 106 valence electrons. The zero-order valence-electron chi connectivity index (χ0n) is 12.3. The lowest BCUT2D eigenvalue weighted by atomic mass is 10.2. The van der Waals surface area contributed by atoms with E-state index in [9.17, 15) is 4.79 Å². The van der Waals surface area contributed by atoms with E-state index in [0.29, 0.717) is 6.54 Å². The summed E-state index contributed by atoms with van der Waals surface area (Å²) in [7, 11) is 4.04. The lowest BCUT2D eigenvalue weighted by Gasteiger charge is -2.16. The van der Waals surface area contributed by atoms with E-state index in [4.69, 9.17) is 4.74 Å². The normalized spacial score (nSPS) is 12.3. The van der Waals surface area contributed by atoms with Crippen LogP contribution in [-0.2, 0) is 4.79 Å². The number of nitrogens with one attached hydrogen (secondary N) is 1. The molecule has 1 atom stereocenters. The molecule has 0 saturated carbocycles. The highest BCUT2D eigenvalue weighted by Gasteiger charge is 2.14. The summed E-state index contributed by atoms with van der Waals surface area (Å²) in [5.41, 5.74) is 1.04. The van der Waals surface area contributed by atoms with Gasteiger partial charge < -0.3 is 15.0 Å². The number of aryl methyl sites for hydroxylation is 1. The molecule has 0 spiro atoms. The molecule has 1 aromatic carbocycles. The first kappa shape index (κ1) is 15.5. The van der Waals surface area contributed by atoms with Crippen LogP contribution in [0.1, 0.15) is 18.9 Å². The van der Waals surface area contributed by atoms with Crippen LogP contribution in [0.2, 0.25) is 0 Å². The van der Waals surface area contributed by atoms with Gasteiger partial charge in [0, 0.05) is 6.54 Å². The van der Waals surface area contributed by atoms with Crippen LogP contribution in [0.25, 0.3) is 0 Å². The fourth-order valence-corrected chi connectivity index (χ4v) is 1.68. The number of hydrogen-bond acceptors (Lipinski definition) is 3. The maximum Gasteiger partial charge on any atom is 0.260 e. The van der Waals surface area contributed by atoms with E-state index in [1.54, 1.807) is 6.92 Å². The number of benzene rings is 1. The van der Waals surface area contributed by atoms with E-state index in [1.807, 2.05) is 45.3 Å². The predicted molar refractivity (Wildman–Crippen MR) is 77.4 cm³/mol. The monoisotopic (exact) mass is 264 g/mol. The van der Waals surface area contributed by atoms with Gasteiger partial charge in [-0.1, -0.05) is 18.2 Å². The lowest BCUT2D eigenvalue weighted by Crippen LogP contribution is -2.37. The van der Waals surface area contributed by atoms with Crippen molar-refractivity contribution in [3.63, 3.8) is 0 Å². The first-order valence-corrected chi connectivity index (χ1v) is 6.65. The van der Waals surface area contributed by atoms with Crippen LogP contribution in [-0.4, -0.2) is 44.1 Å². The smallest absolute Gasteiger partial charge is 0.260 e. The second kappa shape index (κ2) is 7.79. The summed E-state index contributed by atoms with van der Waals surface area (Å²) < 4.78 is 5.66. The Balaban J connectivity index is 2.35. The molecule has 0 radical (unpaired) electrons. The predicted octanol–water partition coefficient (Wildman–Crippen LogP) is 1.83. The summed E-state index contributed by atoms with van der Waals surface area (Å²) in [5.74, 6) is 0.695. The molecule has 4 heteroatoms. The Hall–Kier alpha value is -1.55. The van der Waals surface area contributed by atoms with Gasteiger partial charge in [0.25, 0.3) is 5.91 Å². The molecule has 1 rings (SSSR count). The van der Waals surface area contributed by atoms with E-state index in [2.05, 4.69) is 10.2 Å². The lowest BCUT2D eigenvalue weighted by molar-refractivity contribution is -0.127. The van der Waals surface area contributed by atoms with Crippen LogP contribution < -0.4 is 10.1 Å². The molecular formula is C15H24N2O2. The van der Waals surface area contributed by atoms with Gasteiger partial charge in [-0.15, -0.1) is 0 Å². The molecule has 0 bridgehead atoms. The van der Waals surface area contributed by atoms with Gasteiger partial charge in [0.05, 0.1) is 0 Å². The highest BCUT2D eigenvalue weighted by atomic mass is 16.5. The summed E-state index contributed by atoms with van der Waals surface area (Å²) in [6, 6.07) is 7.71. The Kier molecular flexibility index (Phi) is 6.36. The highest BCUT2D eigenvalue weighted by molar-refractivity contribution is 5.80. The Bertz CT molecular complexity index is 405. The molecule has 0 saturated heterocycles. The Morgan fingerprint density at radius 2 is 2.05 bits per heavy atom. The van der Waals surface area contributed by atoms with Gasteiger partial charge in [0.15, 0.2) is 6.10 Å². The number of nitrogens with zero attached hydrogens (tertiary/aromatic N) is 1. The van der Waals surface area contributed by atoms with Crippen molar-refractivity contribution in [1.29, 1.82) is 0 Å². The van der Waals surface area contributed by atoms with Gasteiger partial charge in [-0.3, -0.25) is 4.79 Å². The van der Waals surface area contributed by atoms with Crippen molar-refractivity contribution in [1.82, 2.24) is 10.2 Å². The van der Waals surface area contributed by atoms with Gasteiger partial charge in [0.2, 0.25) is 0 Å². The number of ether oxygens (including phenoxy) is 1. The molecular weight excluding hydrogens is 240 g/mol. The first-order valence-electron chi connectivity index (χ1n) is 6.65. The van der Waals surface area contributed by atoms with Gasteiger partial charge in [-0.2, -0.15) is 0 Å². The fraction of sp³-hybridized carbons (Fsp3) is 0.533. The number of carbonyl (C=O) groups excluding carboxylic acids is 1. The number of para-hydroxylation sites is 1. The molecule has 1 aromatic rings. The van der Waals surface area contributed by atoms with Gasteiger partial charge in [0.1, 0.15) is 5.75 Å². The molecule has 0 aliphatic rings. The van der Waals surface area contributed by atoms with Crippen LogP contribution in [0.4, 0.5) is 0 Å². The van der Waals surface area contributed by atoms with Gasteiger partial charge in [-0.05, 0) is 52.5 Å². The molecule has 0 aliphatic carbocycles. The van der Waals surface area contributed by atoms with Crippen LogP contribution in [0.5, 0.6) is 5.75 Å². The zero-order valence-corrected chi connectivity index (χ0v) is 12.3. The van der Waals surface area contributed by atoms with Crippen molar-refractivity contribution < 1.29 is 9.53 Å². The average molecular weight is 264 g/mol. The molecule has 0 heterocycles. The first-order chi connectivity index (χ1) is 9.00. The molecule has 0 aliphatic heterocycles. The summed E-state index contributed by atoms with van der Waals surface area (Å²) in [6.07, 6.45) is 0.469. The molecule has 4 nitrogen and oxygen atoms in total. The molecule has 19 heavy (non-hydrogen) atoms. The van der Waals surface area contributed by atoms with Gasteiger partial charge in [-0.25, -0.2) is 0 Å². The fourth-order valence-electron chi connectivity index (χ4n) is 1.68. The summed E-state index contributed by atoms with van der Waals surface area (Å²) >= 11 is 0. The molecule has 0 aromatic heterocycles. The largest absolute Gasteiger partial charge is 0.481 e. The van der Waals surface area contributed by atoms with Crippen molar-refractivity contribution in [3.05, 3.63) is 29.8 Å². The molecule has 1 amide bonds. The average Bonchev–Trinajstić information content (AvgIpc) is 2.36. The van der Waals surface area contributed by atoms with Crippen LogP contribution in [0, 0.1) is 6.92 Å². The van der Waals surface area contributed by atoms with Crippen molar-refractivity contribution in [2.24, 2.45) is 0 Å². The standard InChI is InChI=1S/C15H24N2O2/c1-12-8-5-6-9-14(12)19-13(2)15(18)16-10-7-11-17(3)4/h5-6,8-9,13H,7,10-11H2,1-4H3,(H,16,18). The second-order valence-electron chi connectivity index (χ2n) is 4.97. The SMILES string of the molecule is Cc1ccccc1OC(C)C(=O)NCCCN(C)C. The van der Waals surface area contributed by atoms with E-state index in [-0.39, 0.29) is 5.91 Å². The van der Waals surface area contributed by atoms with Crippen molar-refractivity contribution in [3.8, 4) is 5.75 Å². The van der Waals surface area contributed by atoms with Crippen LogP contribution >= 0.6 is 0 Å². The van der Waals surface area contributed by atoms with Crippen molar-refractivity contribution in [2.75, 3.05) is 27.2 Å². The Morgan fingerprint density at radius 3 is 2.68 bits per heavy atom. The third-order valence-corrected chi connectivity index (χ3v) is 2.85. The summed E-state index contributed by atoms with van der Waals surface area (Å²) in [5, 5.41) is 2.89. The van der Waals surface area contributed by atoms with Gasteiger partial charge >= 0.3 is 0 Å². The number of amides is 1. The molecule has 1 unspecified atom stereocenters. The van der Waals surface area contributed by atoms with Crippen LogP contribution in [0.15, 0.2) is 24.3 Å². The van der Waals surface area contributed by atoms with E-state index >= 15 is 0 Å². The quantitative estimate of drug-likeness (QED) is 0.764. The van der Waals surface area contributed by atoms with E-state index < -0.39 is 6.10 Å². The third kappa shape index (κ3) is 5.75. The number of carbonyl (C=O) groups is 1. The topological polar surface area (TPSA) is 41.6 Å². The molecule has 1 N–H and O–H groups in total. The maximum atomic E-state index is 11.9. The Labute approximate surface area is 115 Å². The number of rotatable bonds is 7. The maximum absolute atomic E-state index is 11.9. The van der Waals surface area contributed by atoms with Crippen molar-refractivity contribution in [2.45, 2.75) is 26.4 Å². The van der Waals surface area contributed by atoms with E-state index in [1.165, 1.54) is 0 Å². The summed E-state index contributed by atoms with van der Waals surface area (Å²) in [4.78, 5) is 14.0. The summed E-state index contributed by atoms with van der Waals surface area (Å²) in [6.45, 7) is 5.39. The number of hydrogen-bond donors (Lipinski definition) is 1. The van der Waals surface area contributed by atoms with Crippen LogP contribution in [0.3, 0.4) is 0 Å². The highest BCUT2D eigenvalue weighted by Crippen LogP contribution is 2.17. The van der Waals surface area contributed by atoms with E-state index in [0.717, 1.165) is 24.3 Å². The minimum Gasteiger partial charge on any atom is -0.481 e. The minimum atomic E-state index is -0.472.